The van der Waals surface area contributed by atoms with Gasteiger partial charge in [0.2, 0.25) is 0 Å². The van der Waals surface area contributed by atoms with Crippen molar-refractivity contribution < 1.29 is 19.1 Å². The van der Waals surface area contributed by atoms with Crippen molar-refractivity contribution in [2.75, 3.05) is 24.9 Å². The molecule has 0 aliphatic rings. The number of carbonyl (C=O) groups excluding carboxylic acids is 2. The molecular weight excluding hydrogens is 506 g/mol. The van der Waals surface area contributed by atoms with E-state index in [4.69, 9.17) is 21.1 Å². The molecule has 0 atom stereocenters. The zero-order valence-electron chi connectivity index (χ0n) is 21.3. The van der Waals surface area contributed by atoms with E-state index in [2.05, 4.69) is 20.8 Å². The first-order chi connectivity index (χ1) is 18.3. The minimum absolute atomic E-state index is 0.353. The highest BCUT2D eigenvalue weighted by Crippen LogP contribution is 2.27. The standard InChI is InChI=1S/C28H26ClN5O4/c1-17-8-14-24(37-3)23(16-17)31-28(36)30-19-11-9-18(10-12-19)26-33-32-25(34(26)2)15-13-20-21(27(35)38-4)6-5-7-22(20)29/h5-16H,1-4H3,(H2,30,31,36)/b15-13+. The van der Waals surface area contributed by atoms with Gasteiger partial charge in [0.25, 0.3) is 0 Å². The molecule has 2 amide bonds. The molecule has 2 N–H and O–H groups in total. The third-order valence-electron chi connectivity index (χ3n) is 5.77. The molecule has 0 saturated carbocycles. The minimum Gasteiger partial charge on any atom is -0.495 e. The third kappa shape index (κ3) is 5.84. The summed E-state index contributed by atoms with van der Waals surface area (Å²) in [6, 6.07) is 17.4. The molecule has 4 aromatic rings. The van der Waals surface area contributed by atoms with Crippen LogP contribution in [0.1, 0.15) is 27.3 Å². The van der Waals surface area contributed by atoms with E-state index >= 15 is 0 Å². The van der Waals surface area contributed by atoms with Crippen LogP contribution in [0.3, 0.4) is 0 Å². The summed E-state index contributed by atoms with van der Waals surface area (Å²) in [6.45, 7) is 1.94. The van der Waals surface area contributed by atoms with Crippen LogP contribution < -0.4 is 15.4 Å². The first-order valence-electron chi connectivity index (χ1n) is 11.6. The average molecular weight is 532 g/mol. The number of urea groups is 1. The number of rotatable bonds is 7. The fourth-order valence-corrected chi connectivity index (χ4v) is 4.03. The number of ether oxygens (including phenoxy) is 2. The van der Waals surface area contributed by atoms with E-state index in [-0.39, 0.29) is 0 Å². The zero-order chi connectivity index (χ0) is 27.2. The highest BCUT2D eigenvalue weighted by Gasteiger charge is 2.14. The Hall–Kier alpha value is -4.63. The minimum atomic E-state index is -0.480. The van der Waals surface area contributed by atoms with Crippen LogP contribution in [0.4, 0.5) is 16.2 Å². The molecule has 1 heterocycles. The highest BCUT2D eigenvalue weighted by molar-refractivity contribution is 6.32. The van der Waals surface area contributed by atoms with Crippen LogP contribution in [0, 0.1) is 6.92 Å². The Morgan fingerprint density at radius 1 is 0.974 bits per heavy atom. The molecular formula is C28H26ClN5O4. The van der Waals surface area contributed by atoms with Gasteiger partial charge in [-0.15, -0.1) is 10.2 Å². The van der Waals surface area contributed by atoms with Gasteiger partial charge in [0.1, 0.15) is 5.75 Å². The fraction of sp³-hybridized carbons (Fsp3) is 0.143. The molecule has 0 aliphatic heterocycles. The van der Waals surface area contributed by atoms with Gasteiger partial charge in [-0.25, -0.2) is 9.59 Å². The normalized spacial score (nSPS) is 10.9. The lowest BCUT2D eigenvalue weighted by molar-refractivity contribution is 0.0600. The summed E-state index contributed by atoms with van der Waals surface area (Å²) in [7, 11) is 4.70. The molecule has 0 bridgehead atoms. The molecule has 0 spiro atoms. The third-order valence-corrected chi connectivity index (χ3v) is 6.10. The maximum Gasteiger partial charge on any atom is 0.338 e. The highest BCUT2D eigenvalue weighted by atomic mass is 35.5. The monoisotopic (exact) mass is 531 g/mol. The summed E-state index contributed by atoms with van der Waals surface area (Å²) in [5.74, 6) is 1.28. The number of anilines is 2. The van der Waals surface area contributed by atoms with Gasteiger partial charge in [0, 0.05) is 28.9 Å². The Bertz CT molecular complexity index is 1510. The quantitative estimate of drug-likeness (QED) is 0.281. The number of esters is 1. The average Bonchev–Trinajstić information content (AvgIpc) is 3.27. The van der Waals surface area contributed by atoms with E-state index in [0.29, 0.717) is 44.9 Å². The van der Waals surface area contributed by atoms with Crippen molar-refractivity contribution in [2.45, 2.75) is 6.92 Å². The largest absolute Gasteiger partial charge is 0.495 e. The molecule has 38 heavy (non-hydrogen) atoms. The summed E-state index contributed by atoms with van der Waals surface area (Å²) in [5, 5.41) is 14.6. The lowest BCUT2D eigenvalue weighted by atomic mass is 10.1. The van der Waals surface area contributed by atoms with E-state index in [1.807, 2.05) is 42.8 Å². The predicted molar refractivity (Wildman–Crippen MR) is 149 cm³/mol. The van der Waals surface area contributed by atoms with Crippen LogP contribution in [0.2, 0.25) is 5.02 Å². The second kappa shape index (κ2) is 11.6. The summed E-state index contributed by atoms with van der Waals surface area (Å²) in [5.41, 5.74) is 3.87. The molecule has 0 radical (unpaired) electrons. The summed E-state index contributed by atoms with van der Waals surface area (Å²) >= 11 is 6.31. The van der Waals surface area contributed by atoms with Crippen LogP contribution in [-0.2, 0) is 11.8 Å². The maximum atomic E-state index is 12.5. The van der Waals surface area contributed by atoms with E-state index in [1.165, 1.54) is 7.11 Å². The van der Waals surface area contributed by atoms with Gasteiger partial charge >= 0.3 is 12.0 Å². The van der Waals surface area contributed by atoms with Gasteiger partial charge in [-0.1, -0.05) is 23.7 Å². The van der Waals surface area contributed by atoms with Gasteiger partial charge in [0.05, 0.1) is 25.5 Å². The molecule has 10 heteroatoms. The van der Waals surface area contributed by atoms with E-state index in [1.54, 1.807) is 55.7 Å². The predicted octanol–water partition coefficient (Wildman–Crippen LogP) is 6.05. The van der Waals surface area contributed by atoms with Gasteiger partial charge < -0.3 is 24.7 Å². The maximum absolute atomic E-state index is 12.5. The van der Waals surface area contributed by atoms with Crippen molar-refractivity contribution in [1.29, 1.82) is 0 Å². The number of amides is 2. The van der Waals surface area contributed by atoms with Crippen molar-refractivity contribution >= 4 is 47.1 Å². The van der Waals surface area contributed by atoms with Crippen molar-refractivity contribution in [3.63, 3.8) is 0 Å². The van der Waals surface area contributed by atoms with E-state index in [9.17, 15) is 9.59 Å². The summed E-state index contributed by atoms with van der Waals surface area (Å²) < 4.78 is 12.0. The second-order valence-electron chi connectivity index (χ2n) is 8.33. The van der Waals surface area contributed by atoms with Crippen molar-refractivity contribution in [1.82, 2.24) is 14.8 Å². The van der Waals surface area contributed by atoms with Crippen molar-refractivity contribution in [2.24, 2.45) is 7.05 Å². The molecule has 4 rings (SSSR count). The second-order valence-corrected chi connectivity index (χ2v) is 8.73. The van der Waals surface area contributed by atoms with E-state index in [0.717, 1.165) is 11.1 Å². The molecule has 0 saturated heterocycles. The number of methoxy groups -OCH3 is 2. The van der Waals surface area contributed by atoms with Crippen LogP contribution in [0.15, 0.2) is 60.7 Å². The first-order valence-corrected chi connectivity index (χ1v) is 12.0. The number of carbonyl (C=O) groups is 2. The van der Waals surface area contributed by atoms with Crippen molar-refractivity contribution in [3.05, 3.63) is 88.2 Å². The first kappa shape index (κ1) is 26.4. The van der Waals surface area contributed by atoms with Gasteiger partial charge in [-0.05, 0) is 73.2 Å². The van der Waals surface area contributed by atoms with Crippen LogP contribution in [0.25, 0.3) is 23.5 Å². The van der Waals surface area contributed by atoms with Gasteiger partial charge in [0.15, 0.2) is 11.6 Å². The molecule has 3 aromatic carbocycles. The van der Waals surface area contributed by atoms with E-state index < -0.39 is 12.0 Å². The molecule has 9 nitrogen and oxygen atoms in total. The Labute approximate surface area is 225 Å². The molecule has 0 unspecified atom stereocenters. The van der Waals surface area contributed by atoms with Crippen LogP contribution in [-0.4, -0.2) is 41.0 Å². The Balaban J connectivity index is 1.48. The molecule has 1 aromatic heterocycles. The summed E-state index contributed by atoms with van der Waals surface area (Å²) in [6.07, 6.45) is 3.43. The lowest BCUT2D eigenvalue weighted by Gasteiger charge is -2.12. The number of nitrogens with one attached hydrogen (secondary N) is 2. The van der Waals surface area contributed by atoms with Crippen LogP contribution in [0.5, 0.6) is 5.75 Å². The van der Waals surface area contributed by atoms with Crippen LogP contribution >= 0.6 is 11.6 Å². The number of hydrogen-bond donors (Lipinski definition) is 2. The number of hydrogen-bond acceptors (Lipinski definition) is 6. The fourth-order valence-electron chi connectivity index (χ4n) is 3.80. The number of aromatic nitrogens is 3. The molecule has 0 aliphatic carbocycles. The van der Waals surface area contributed by atoms with Gasteiger partial charge in [-0.3, -0.25) is 0 Å². The van der Waals surface area contributed by atoms with Gasteiger partial charge in [-0.2, -0.15) is 0 Å². The zero-order valence-corrected chi connectivity index (χ0v) is 22.0. The lowest BCUT2D eigenvalue weighted by Crippen LogP contribution is -2.19. The summed E-state index contributed by atoms with van der Waals surface area (Å²) in [4.78, 5) is 24.6. The number of nitrogens with zero attached hydrogens (tertiary/aromatic N) is 3. The SMILES string of the molecule is COC(=O)c1cccc(Cl)c1/C=C/c1nnc(-c2ccc(NC(=O)Nc3cc(C)ccc3OC)cc2)n1C. The Morgan fingerprint density at radius 3 is 2.45 bits per heavy atom. The molecule has 194 valence electrons. The Morgan fingerprint density at radius 2 is 1.74 bits per heavy atom. The molecule has 0 fully saturated rings. The number of halogens is 1. The Kier molecular flexibility index (Phi) is 8.08. The smallest absolute Gasteiger partial charge is 0.338 e. The number of aryl methyl sites for hydroxylation is 1. The number of benzene rings is 3. The van der Waals surface area contributed by atoms with Crippen molar-refractivity contribution in [3.8, 4) is 17.1 Å². The topological polar surface area (TPSA) is 107 Å².